The second kappa shape index (κ2) is 13.1. The molecule has 5 N–H and O–H groups in total. The summed E-state index contributed by atoms with van der Waals surface area (Å²) in [5.74, 6) is 2.28. The molecule has 5 rings (SSSR count). The summed E-state index contributed by atoms with van der Waals surface area (Å²) in [5.41, 5.74) is 3.09. The third kappa shape index (κ3) is 8.00. The lowest BCUT2D eigenvalue weighted by Crippen LogP contribution is -2.40. The molecule has 0 unspecified atom stereocenters. The zero-order valence-electron chi connectivity index (χ0n) is 24.3. The van der Waals surface area contributed by atoms with Crippen LogP contribution in [0.1, 0.15) is 68.8 Å². The lowest BCUT2D eigenvalue weighted by molar-refractivity contribution is 0.0919. The number of hydrogen-bond acceptors (Lipinski definition) is 8. The van der Waals surface area contributed by atoms with Crippen molar-refractivity contribution in [1.82, 2.24) is 20.6 Å². The lowest BCUT2D eigenvalue weighted by Gasteiger charge is -2.26. The van der Waals surface area contributed by atoms with Gasteiger partial charge in [-0.05, 0) is 95.3 Å². The number of aliphatic hydroxyl groups excluding tert-OH is 1. The molecule has 1 aromatic heterocycles. The Hall–Kier alpha value is -3.66. The van der Waals surface area contributed by atoms with Crippen LogP contribution in [-0.4, -0.2) is 51.8 Å². The van der Waals surface area contributed by atoms with Gasteiger partial charge < -0.3 is 31.1 Å². The number of aromatic nitrogens is 2. The highest BCUT2D eigenvalue weighted by molar-refractivity contribution is 6.32. The molecule has 42 heavy (non-hydrogen) atoms. The number of nitrogens with zero attached hydrogens (tertiary/aromatic N) is 2. The second-order valence-electron chi connectivity index (χ2n) is 12.0. The molecule has 2 heterocycles. The summed E-state index contributed by atoms with van der Waals surface area (Å²) in [6.07, 6.45) is 8.15. The number of ether oxygens (including phenoxy) is 1. The van der Waals surface area contributed by atoms with Gasteiger partial charge in [-0.25, -0.2) is 9.97 Å². The van der Waals surface area contributed by atoms with Crippen LogP contribution in [0.4, 0.5) is 17.3 Å². The van der Waals surface area contributed by atoms with Gasteiger partial charge in [0, 0.05) is 35.9 Å². The molecule has 1 aliphatic heterocycles. The van der Waals surface area contributed by atoms with Crippen LogP contribution in [0.5, 0.6) is 11.5 Å². The van der Waals surface area contributed by atoms with E-state index < -0.39 is 0 Å². The first-order chi connectivity index (χ1) is 20.1. The number of halogens is 1. The van der Waals surface area contributed by atoms with Gasteiger partial charge in [0.05, 0.1) is 16.7 Å². The van der Waals surface area contributed by atoms with E-state index in [0.717, 1.165) is 62.3 Å². The fraction of sp³-hybridized carbons (Fsp3) is 0.406. The van der Waals surface area contributed by atoms with Gasteiger partial charge in [0.2, 0.25) is 0 Å². The molecule has 1 aliphatic carbocycles. The van der Waals surface area contributed by atoms with Crippen molar-refractivity contribution in [3.63, 3.8) is 0 Å². The predicted octanol–water partition coefficient (Wildman–Crippen LogP) is 6.29. The summed E-state index contributed by atoms with van der Waals surface area (Å²) in [6.45, 7) is 7.39. The molecule has 3 aromatic rings. The Labute approximate surface area is 252 Å². The van der Waals surface area contributed by atoms with Gasteiger partial charge in [0.1, 0.15) is 29.5 Å². The van der Waals surface area contributed by atoms with E-state index in [1.54, 1.807) is 42.7 Å². The molecule has 1 saturated carbocycles. The highest BCUT2D eigenvalue weighted by Gasteiger charge is 2.21. The summed E-state index contributed by atoms with van der Waals surface area (Å²) in [7, 11) is 0. The van der Waals surface area contributed by atoms with E-state index >= 15 is 0 Å². The van der Waals surface area contributed by atoms with Crippen LogP contribution in [0, 0.1) is 0 Å². The number of hydrogen-bond donors (Lipinski definition) is 5. The highest BCUT2D eigenvalue weighted by atomic mass is 35.5. The Morgan fingerprint density at radius 2 is 1.93 bits per heavy atom. The first kappa shape index (κ1) is 29.8. The van der Waals surface area contributed by atoms with Crippen molar-refractivity contribution in [3.8, 4) is 11.5 Å². The van der Waals surface area contributed by atoms with Crippen molar-refractivity contribution in [2.24, 2.45) is 0 Å². The standard InChI is InChI=1S/C32H39ClN6O3/c1-32(2,3)39-31(41)21-5-4-6-25(16-21)42-28-12-9-23(17-27(28)33)38-30-26-15-20(13-14-34-29(26)36-19-37-30)18-35-22-7-10-24(40)11-8-22/h4-6,9,12,15-17,19,22,24,35,40H,7-8,10-11,13-14,18H2,1-3H3,(H,39,41)(H2,34,36,37,38)/t22-,24-. The molecular weight excluding hydrogens is 552 g/mol. The molecule has 0 saturated heterocycles. The third-order valence-corrected chi connectivity index (χ3v) is 7.59. The van der Waals surface area contributed by atoms with Crippen molar-refractivity contribution in [1.29, 1.82) is 0 Å². The van der Waals surface area contributed by atoms with Crippen LogP contribution < -0.4 is 26.0 Å². The van der Waals surface area contributed by atoms with E-state index in [0.29, 0.717) is 33.9 Å². The number of nitrogens with one attached hydrogen (secondary N) is 4. The first-order valence-electron chi connectivity index (χ1n) is 14.5. The maximum Gasteiger partial charge on any atom is 0.251 e. The molecule has 9 nitrogen and oxygen atoms in total. The van der Waals surface area contributed by atoms with Gasteiger partial charge in [-0.2, -0.15) is 0 Å². The number of carbonyl (C=O) groups excluding carboxylic acids is 1. The van der Waals surface area contributed by atoms with E-state index in [2.05, 4.69) is 37.3 Å². The number of aliphatic hydroxyl groups is 1. The van der Waals surface area contributed by atoms with Crippen LogP contribution in [0.3, 0.4) is 0 Å². The largest absolute Gasteiger partial charge is 0.456 e. The van der Waals surface area contributed by atoms with Gasteiger partial charge >= 0.3 is 0 Å². The molecule has 2 aromatic carbocycles. The minimum Gasteiger partial charge on any atom is -0.456 e. The van der Waals surface area contributed by atoms with Gasteiger partial charge in [0.15, 0.2) is 0 Å². The summed E-state index contributed by atoms with van der Waals surface area (Å²) in [6, 6.07) is 12.9. The molecular formula is C32H39ClN6O3. The average molecular weight is 591 g/mol. The Morgan fingerprint density at radius 1 is 1.12 bits per heavy atom. The van der Waals surface area contributed by atoms with Crippen molar-refractivity contribution < 1.29 is 14.6 Å². The Morgan fingerprint density at radius 3 is 2.69 bits per heavy atom. The summed E-state index contributed by atoms with van der Waals surface area (Å²) in [4.78, 5) is 21.6. The topological polar surface area (TPSA) is 120 Å². The molecule has 0 bridgehead atoms. The third-order valence-electron chi connectivity index (χ3n) is 7.29. The second-order valence-corrected chi connectivity index (χ2v) is 12.4. The Kier molecular flexibility index (Phi) is 9.30. The van der Waals surface area contributed by atoms with E-state index in [4.69, 9.17) is 16.3 Å². The summed E-state index contributed by atoms with van der Waals surface area (Å²) >= 11 is 6.63. The van der Waals surface area contributed by atoms with Crippen LogP contribution in [0.25, 0.3) is 6.08 Å². The van der Waals surface area contributed by atoms with Crippen LogP contribution in [0.2, 0.25) is 5.02 Å². The number of rotatable bonds is 8. The number of fused-ring (bicyclic) bond motifs is 1. The van der Waals surface area contributed by atoms with Crippen molar-refractivity contribution in [3.05, 3.63) is 70.5 Å². The minimum atomic E-state index is -0.341. The molecule has 10 heteroatoms. The summed E-state index contributed by atoms with van der Waals surface area (Å²) < 4.78 is 6.03. The first-order valence-corrected chi connectivity index (χ1v) is 14.9. The van der Waals surface area contributed by atoms with Crippen molar-refractivity contribution in [2.45, 2.75) is 70.6 Å². The maximum atomic E-state index is 12.6. The van der Waals surface area contributed by atoms with Crippen LogP contribution in [0.15, 0.2) is 54.4 Å². The predicted molar refractivity (Wildman–Crippen MR) is 168 cm³/mol. The molecule has 1 fully saturated rings. The number of anilines is 3. The van der Waals surface area contributed by atoms with Gasteiger partial charge in [-0.3, -0.25) is 4.79 Å². The molecule has 222 valence electrons. The van der Waals surface area contributed by atoms with E-state index in [9.17, 15) is 9.90 Å². The van der Waals surface area contributed by atoms with Gasteiger partial charge in [-0.1, -0.05) is 23.2 Å². The molecule has 0 atom stereocenters. The van der Waals surface area contributed by atoms with Crippen molar-refractivity contribution in [2.75, 3.05) is 23.7 Å². The van der Waals surface area contributed by atoms with Crippen LogP contribution in [-0.2, 0) is 0 Å². The van der Waals surface area contributed by atoms with Crippen LogP contribution >= 0.6 is 11.6 Å². The summed E-state index contributed by atoms with van der Waals surface area (Å²) in [5, 5.41) is 23.7. The lowest BCUT2D eigenvalue weighted by atomic mass is 9.93. The average Bonchev–Trinajstić information content (AvgIpc) is 3.16. The van der Waals surface area contributed by atoms with Gasteiger partial charge in [-0.15, -0.1) is 0 Å². The number of benzene rings is 2. The fourth-order valence-electron chi connectivity index (χ4n) is 5.12. The number of carbonyl (C=O) groups is 1. The normalized spacial score (nSPS) is 18.6. The Balaban J connectivity index is 1.28. The highest BCUT2D eigenvalue weighted by Crippen LogP contribution is 2.34. The van der Waals surface area contributed by atoms with Gasteiger partial charge in [0.25, 0.3) is 5.91 Å². The van der Waals surface area contributed by atoms with E-state index in [1.165, 1.54) is 5.57 Å². The minimum absolute atomic E-state index is 0.158. The molecule has 0 radical (unpaired) electrons. The van der Waals surface area contributed by atoms with E-state index in [-0.39, 0.29) is 17.6 Å². The Bertz CT molecular complexity index is 1450. The van der Waals surface area contributed by atoms with Crippen molar-refractivity contribution >= 4 is 40.9 Å². The zero-order chi connectivity index (χ0) is 29.7. The SMILES string of the molecule is CC(C)(C)NC(=O)c1cccc(Oc2ccc(Nc3ncnc4c3C=C(CN[C@H]3CC[C@H](O)CC3)CCN4)cc2Cl)c1. The van der Waals surface area contributed by atoms with E-state index in [1.807, 2.05) is 26.8 Å². The molecule has 1 amide bonds. The zero-order valence-corrected chi connectivity index (χ0v) is 25.1. The number of amides is 1. The fourth-order valence-corrected chi connectivity index (χ4v) is 5.34. The molecule has 2 aliphatic rings. The smallest absolute Gasteiger partial charge is 0.251 e. The monoisotopic (exact) mass is 590 g/mol. The molecule has 0 spiro atoms. The maximum absolute atomic E-state index is 12.6. The quantitative estimate of drug-likeness (QED) is 0.208.